The normalized spacial score (nSPS) is 10.2. The first-order valence-electron chi connectivity index (χ1n) is 5.97. The zero-order valence-electron chi connectivity index (χ0n) is 10.6. The van der Waals surface area contributed by atoms with Crippen LogP contribution in [0.5, 0.6) is 0 Å². The second-order valence-corrected chi connectivity index (χ2v) is 3.55. The maximum absolute atomic E-state index is 11.1. The van der Waals surface area contributed by atoms with E-state index < -0.39 is 6.09 Å². The second-order valence-electron chi connectivity index (χ2n) is 3.55. The summed E-state index contributed by atoms with van der Waals surface area (Å²) in [5, 5.41) is 4.95. The third-order valence-electron chi connectivity index (χ3n) is 2.08. The van der Waals surface area contributed by atoms with Gasteiger partial charge in [-0.05, 0) is 25.7 Å². The Labute approximate surface area is 103 Å². The predicted octanol–water partition coefficient (Wildman–Crippen LogP) is 1.60. The highest BCUT2D eigenvalue weighted by Gasteiger charge is 2.03. The van der Waals surface area contributed by atoms with Crippen molar-refractivity contribution in [1.29, 1.82) is 0 Å². The maximum atomic E-state index is 11.1. The number of alkyl carbamates (subject to hydrolysis) is 1. The Bertz CT molecular complexity index is 252. The Morgan fingerprint density at radius 3 is 2.65 bits per heavy atom. The topological polar surface area (TPSA) is 67.4 Å². The minimum absolute atomic E-state index is 0.235. The van der Waals surface area contributed by atoms with E-state index in [9.17, 15) is 9.59 Å². The molecule has 17 heavy (non-hydrogen) atoms. The molecule has 2 N–H and O–H groups in total. The van der Waals surface area contributed by atoms with Crippen molar-refractivity contribution in [3.05, 3.63) is 12.2 Å². The molecule has 0 aliphatic heterocycles. The fraction of sp³-hybridized carbons (Fsp3) is 0.667. The Morgan fingerprint density at radius 1 is 1.24 bits per heavy atom. The van der Waals surface area contributed by atoms with Gasteiger partial charge in [0, 0.05) is 13.6 Å². The number of amides is 2. The average molecular weight is 242 g/mol. The van der Waals surface area contributed by atoms with Crippen LogP contribution in [-0.2, 0) is 9.53 Å². The minimum atomic E-state index is -0.544. The second kappa shape index (κ2) is 11.0. The first-order valence-corrected chi connectivity index (χ1v) is 5.97. The molecule has 0 aliphatic rings. The summed E-state index contributed by atoms with van der Waals surface area (Å²) in [6.07, 6.45) is 7.76. The molecule has 5 nitrogen and oxygen atoms in total. The molecule has 5 heteroatoms. The van der Waals surface area contributed by atoms with Crippen molar-refractivity contribution in [2.45, 2.75) is 32.6 Å². The zero-order chi connectivity index (χ0) is 12.9. The van der Waals surface area contributed by atoms with Crippen LogP contribution in [0.25, 0.3) is 0 Å². The van der Waals surface area contributed by atoms with Gasteiger partial charge in [-0.3, -0.25) is 4.79 Å². The molecule has 0 aromatic rings. The predicted molar refractivity (Wildman–Crippen MR) is 66.7 cm³/mol. The van der Waals surface area contributed by atoms with Crippen molar-refractivity contribution in [3.8, 4) is 0 Å². The Kier molecular flexibility index (Phi) is 10.00. The summed E-state index contributed by atoms with van der Waals surface area (Å²) in [5.41, 5.74) is 0. The summed E-state index contributed by atoms with van der Waals surface area (Å²) in [7, 11) is 1.49. The summed E-state index contributed by atoms with van der Waals surface area (Å²) >= 11 is 0. The van der Waals surface area contributed by atoms with E-state index in [-0.39, 0.29) is 12.5 Å². The number of likely N-dealkylation sites (N-methyl/N-ethyl adjacent to an activating group) is 1. The third kappa shape index (κ3) is 10.8. The fourth-order valence-electron chi connectivity index (χ4n) is 1.12. The van der Waals surface area contributed by atoms with Crippen LogP contribution in [0.3, 0.4) is 0 Å². The number of carbonyl (C=O) groups excluding carboxylic acids is 2. The number of rotatable bonds is 8. The molecular weight excluding hydrogens is 220 g/mol. The van der Waals surface area contributed by atoms with E-state index in [0.717, 1.165) is 25.7 Å². The van der Waals surface area contributed by atoms with E-state index in [1.807, 2.05) is 0 Å². The van der Waals surface area contributed by atoms with E-state index in [2.05, 4.69) is 34.4 Å². The molecule has 0 saturated heterocycles. The summed E-state index contributed by atoms with van der Waals surface area (Å²) in [6, 6.07) is 0. The van der Waals surface area contributed by atoms with E-state index in [1.54, 1.807) is 0 Å². The Balaban J connectivity index is 3.33. The van der Waals surface area contributed by atoms with E-state index in [0.29, 0.717) is 6.54 Å². The molecule has 98 valence electrons. The first kappa shape index (κ1) is 15.5. The van der Waals surface area contributed by atoms with Crippen LogP contribution in [-0.4, -0.2) is 32.2 Å². The summed E-state index contributed by atoms with van der Waals surface area (Å²) in [6.45, 7) is 2.44. The monoisotopic (exact) mass is 242 g/mol. The molecule has 0 unspecified atom stereocenters. The van der Waals surface area contributed by atoms with Crippen LogP contribution in [0.4, 0.5) is 4.79 Å². The quantitative estimate of drug-likeness (QED) is 0.502. The molecule has 0 aliphatic carbocycles. The molecular formula is C12H22N2O3. The summed E-state index contributed by atoms with van der Waals surface area (Å²) in [5.74, 6) is -0.315. The number of carbonyl (C=O) groups is 2. The van der Waals surface area contributed by atoms with Crippen molar-refractivity contribution in [2.24, 2.45) is 0 Å². The smallest absolute Gasteiger partial charge is 0.407 e. The van der Waals surface area contributed by atoms with Gasteiger partial charge in [0.25, 0.3) is 5.91 Å². The number of hydrogen-bond donors (Lipinski definition) is 2. The molecule has 0 heterocycles. The lowest BCUT2D eigenvalue weighted by Crippen LogP contribution is -2.30. The highest BCUT2D eigenvalue weighted by atomic mass is 16.6. The standard InChI is InChI=1S/C12H22N2O3/c1-3-4-5-6-7-8-9-14-12(16)17-10-11(15)13-2/h4-5H,3,6-10H2,1-2H3,(H,13,15)(H,14,16)/b5-4-. The maximum Gasteiger partial charge on any atom is 0.407 e. The molecule has 0 atom stereocenters. The zero-order valence-corrected chi connectivity index (χ0v) is 10.6. The van der Waals surface area contributed by atoms with E-state index in [4.69, 9.17) is 0 Å². The molecule has 0 radical (unpaired) electrons. The van der Waals surface area contributed by atoms with Crippen molar-refractivity contribution < 1.29 is 14.3 Å². The molecule has 0 spiro atoms. The highest BCUT2D eigenvalue weighted by molar-refractivity contribution is 5.79. The molecule has 0 saturated carbocycles. The fourth-order valence-corrected chi connectivity index (χ4v) is 1.12. The van der Waals surface area contributed by atoms with Crippen LogP contribution >= 0.6 is 0 Å². The van der Waals surface area contributed by atoms with E-state index >= 15 is 0 Å². The average Bonchev–Trinajstić information content (AvgIpc) is 2.34. The van der Waals surface area contributed by atoms with Crippen LogP contribution in [0.15, 0.2) is 12.2 Å². The molecule has 0 aromatic carbocycles. The largest absolute Gasteiger partial charge is 0.439 e. The van der Waals surface area contributed by atoms with Gasteiger partial charge in [-0.25, -0.2) is 4.79 Å². The van der Waals surface area contributed by atoms with Crippen LogP contribution in [0.2, 0.25) is 0 Å². The lowest BCUT2D eigenvalue weighted by atomic mass is 10.2. The first-order chi connectivity index (χ1) is 8.20. The third-order valence-corrected chi connectivity index (χ3v) is 2.08. The van der Waals surface area contributed by atoms with Gasteiger partial charge in [-0.2, -0.15) is 0 Å². The lowest BCUT2D eigenvalue weighted by Gasteiger charge is -2.05. The minimum Gasteiger partial charge on any atom is -0.439 e. The van der Waals surface area contributed by atoms with Gasteiger partial charge in [0.1, 0.15) is 0 Å². The lowest BCUT2D eigenvalue weighted by molar-refractivity contribution is -0.123. The number of hydrogen-bond acceptors (Lipinski definition) is 3. The van der Waals surface area contributed by atoms with Crippen molar-refractivity contribution in [2.75, 3.05) is 20.2 Å². The summed E-state index contributed by atoms with van der Waals surface area (Å²) in [4.78, 5) is 21.8. The van der Waals surface area contributed by atoms with E-state index in [1.165, 1.54) is 7.05 Å². The van der Waals surface area contributed by atoms with Gasteiger partial charge in [-0.15, -0.1) is 0 Å². The highest BCUT2D eigenvalue weighted by Crippen LogP contribution is 1.96. The van der Waals surface area contributed by atoms with Crippen molar-refractivity contribution >= 4 is 12.0 Å². The molecule has 0 bridgehead atoms. The molecule has 0 aromatic heterocycles. The van der Waals surface area contributed by atoms with Crippen molar-refractivity contribution in [1.82, 2.24) is 10.6 Å². The number of allylic oxidation sites excluding steroid dienone is 2. The van der Waals surface area contributed by atoms with Crippen LogP contribution < -0.4 is 10.6 Å². The van der Waals surface area contributed by atoms with Crippen LogP contribution in [0.1, 0.15) is 32.6 Å². The summed E-state index contributed by atoms with van der Waals surface area (Å²) < 4.78 is 4.66. The SMILES string of the molecule is CC/C=C\CCCCNC(=O)OCC(=O)NC. The van der Waals surface area contributed by atoms with Crippen LogP contribution in [0, 0.1) is 0 Å². The van der Waals surface area contributed by atoms with Gasteiger partial charge in [0.15, 0.2) is 6.61 Å². The number of ether oxygens (including phenoxy) is 1. The molecule has 2 amide bonds. The van der Waals surface area contributed by atoms with Gasteiger partial charge in [-0.1, -0.05) is 19.1 Å². The van der Waals surface area contributed by atoms with Gasteiger partial charge in [0.05, 0.1) is 0 Å². The van der Waals surface area contributed by atoms with Gasteiger partial charge >= 0.3 is 6.09 Å². The molecule has 0 rings (SSSR count). The molecule has 0 fully saturated rings. The Morgan fingerprint density at radius 2 is 2.00 bits per heavy atom. The van der Waals surface area contributed by atoms with Gasteiger partial charge < -0.3 is 15.4 Å². The van der Waals surface area contributed by atoms with Crippen molar-refractivity contribution in [3.63, 3.8) is 0 Å². The number of nitrogens with one attached hydrogen (secondary N) is 2. The number of unbranched alkanes of at least 4 members (excludes halogenated alkanes) is 2. The van der Waals surface area contributed by atoms with Gasteiger partial charge in [0.2, 0.25) is 0 Å². The Hall–Kier alpha value is -1.52.